The first-order chi connectivity index (χ1) is 19.0. The number of imidazole rings is 1. The molecule has 216 valence electrons. The van der Waals surface area contributed by atoms with Crippen LogP contribution in [0.3, 0.4) is 0 Å². The molecule has 13 nitrogen and oxygen atoms in total. The molecule has 2 aromatic rings. The number of rotatable bonds is 5. The molecule has 2 aliphatic heterocycles. The van der Waals surface area contributed by atoms with Gasteiger partial charge in [-0.1, -0.05) is 26.7 Å². The normalized spacial score (nSPS) is 25.5. The van der Waals surface area contributed by atoms with Gasteiger partial charge in [-0.3, -0.25) is 9.36 Å². The van der Waals surface area contributed by atoms with E-state index in [1.165, 1.54) is 10.9 Å². The van der Waals surface area contributed by atoms with Gasteiger partial charge in [0.2, 0.25) is 5.82 Å². The first kappa shape index (κ1) is 28.1. The molecular weight excluding hydrogens is 518 g/mol. The number of aliphatic hydroxyl groups is 2. The largest absolute Gasteiger partial charge is 0.449 e. The Labute approximate surface area is 232 Å². The minimum atomic E-state index is -1.41. The summed E-state index contributed by atoms with van der Waals surface area (Å²) in [6.45, 7) is 7.70. The molecule has 4 atom stereocenters. The summed E-state index contributed by atoms with van der Waals surface area (Å²) in [4.78, 5) is 39.5. The van der Waals surface area contributed by atoms with E-state index >= 15 is 0 Å². The van der Waals surface area contributed by atoms with E-state index in [9.17, 15) is 19.8 Å². The minimum Gasteiger partial charge on any atom is -0.449 e. The van der Waals surface area contributed by atoms with Gasteiger partial charge >= 0.3 is 6.09 Å². The highest BCUT2D eigenvalue weighted by Crippen LogP contribution is 2.33. The van der Waals surface area contributed by atoms with Crippen LogP contribution in [0.25, 0.3) is 11.2 Å². The number of nitrogens with two attached hydrogens (primary N) is 1. The SMILES string of the molecule is CC(C)(C)COC(=O)N1CCC(CC#Cc2nc(N)c3ncn([C@@H]4O[C@H](C(=O)NC5CC5)[C@H](O)[C@@H]4O)c3n2)CC1. The molecule has 0 spiro atoms. The van der Waals surface area contributed by atoms with Gasteiger partial charge in [0.1, 0.15) is 17.7 Å². The molecule has 2 saturated heterocycles. The molecule has 5 N–H and O–H groups in total. The fourth-order valence-electron chi connectivity index (χ4n) is 4.76. The Morgan fingerprint density at radius 3 is 2.58 bits per heavy atom. The van der Waals surface area contributed by atoms with Gasteiger partial charge in [-0.05, 0) is 42.9 Å². The Morgan fingerprint density at radius 1 is 1.18 bits per heavy atom. The number of carbonyl (C=O) groups excluding carboxylic acids is 2. The Balaban J connectivity index is 1.22. The van der Waals surface area contributed by atoms with Gasteiger partial charge < -0.3 is 35.6 Å². The number of nitrogen functional groups attached to an aromatic ring is 1. The number of piperidine rings is 1. The molecule has 0 aromatic carbocycles. The van der Waals surface area contributed by atoms with Crippen molar-refractivity contribution in [2.24, 2.45) is 11.3 Å². The molecule has 2 amide bonds. The van der Waals surface area contributed by atoms with Gasteiger partial charge in [0.15, 0.2) is 23.8 Å². The fourth-order valence-corrected chi connectivity index (χ4v) is 4.76. The predicted octanol–water partition coefficient (Wildman–Crippen LogP) is 0.943. The molecule has 0 radical (unpaired) electrons. The topological polar surface area (TPSA) is 178 Å². The van der Waals surface area contributed by atoms with E-state index in [2.05, 4.69) is 32.1 Å². The van der Waals surface area contributed by atoms with Crippen molar-refractivity contribution in [3.63, 3.8) is 0 Å². The van der Waals surface area contributed by atoms with Crippen molar-refractivity contribution in [2.45, 2.75) is 83.5 Å². The lowest BCUT2D eigenvalue weighted by Gasteiger charge is -2.31. The molecule has 1 saturated carbocycles. The number of amides is 2. The number of carbonyl (C=O) groups is 2. The van der Waals surface area contributed by atoms with Crippen LogP contribution in [-0.2, 0) is 14.3 Å². The first-order valence-electron chi connectivity index (χ1n) is 13.7. The molecule has 4 heterocycles. The second-order valence-corrected chi connectivity index (χ2v) is 12.0. The summed E-state index contributed by atoms with van der Waals surface area (Å²) in [5.41, 5.74) is 6.62. The van der Waals surface area contributed by atoms with Crippen LogP contribution >= 0.6 is 0 Å². The zero-order valence-corrected chi connectivity index (χ0v) is 23.0. The highest BCUT2D eigenvalue weighted by atomic mass is 16.6. The first-order valence-corrected chi connectivity index (χ1v) is 13.7. The predicted molar refractivity (Wildman–Crippen MR) is 143 cm³/mol. The number of nitrogens with zero attached hydrogens (tertiary/aromatic N) is 5. The molecule has 3 fully saturated rings. The minimum absolute atomic E-state index is 0.0740. The van der Waals surface area contributed by atoms with E-state index < -0.39 is 30.4 Å². The molecule has 0 unspecified atom stereocenters. The number of anilines is 1. The zero-order valence-electron chi connectivity index (χ0n) is 23.0. The van der Waals surface area contributed by atoms with Crippen LogP contribution < -0.4 is 11.1 Å². The fraction of sp³-hybridized carbons (Fsp3) is 0.667. The third-order valence-corrected chi connectivity index (χ3v) is 7.24. The van der Waals surface area contributed by atoms with Crippen molar-refractivity contribution in [1.82, 2.24) is 29.7 Å². The monoisotopic (exact) mass is 555 g/mol. The van der Waals surface area contributed by atoms with Crippen molar-refractivity contribution >= 4 is 29.0 Å². The number of nitrogens with one attached hydrogen (secondary N) is 1. The van der Waals surface area contributed by atoms with Crippen LogP contribution in [-0.4, -0.2) is 90.7 Å². The Kier molecular flexibility index (Phi) is 7.85. The maximum absolute atomic E-state index is 12.5. The van der Waals surface area contributed by atoms with Gasteiger partial charge in [0.05, 0.1) is 12.9 Å². The number of likely N-dealkylation sites (tertiary alicyclic amines) is 1. The summed E-state index contributed by atoms with van der Waals surface area (Å²) in [7, 11) is 0. The smallest absolute Gasteiger partial charge is 0.409 e. The summed E-state index contributed by atoms with van der Waals surface area (Å²) < 4.78 is 12.6. The van der Waals surface area contributed by atoms with Crippen LogP contribution in [0.2, 0.25) is 0 Å². The van der Waals surface area contributed by atoms with Crippen LogP contribution in [0.15, 0.2) is 6.33 Å². The van der Waals surface area contributed by atoms with Crippen molar-refractivity contribution in [2.75, 3.05) is 25.4 Å². The number of aromatic nitrogens is 4. The molecule has 2 aromatic heterocycles. The summed E-state index contributed by atoms with van der Waals surface area (Å²) >= 11 is 0. The lowest BCUT2D eigenvalue weighted by Crippen LogP contribution is -2.43. The zero-order chi connectivity index (χ0) is 28.6. The number of aliphatic hydroxyl groups excluding tert-OH is 2. The van der Waals surface area contributed by atoms with Gasteiger partial charge in [-0.15, -0.1) is 0 Å². The summed E-state index contributed by atoms with van der Waals surface area (Å²) in [6.07, 6.45) is 0.0401. The van der Waals surface area contributed by atoms with Crippen molar-refractivity contribution < 1.29 is 29.3 Å². The second-order valence-electron chi connectivity index (χ2n) is 12.0. The summed E-state index contributed by atoms with van der Waals surface area (Å²) in [6, 6.07) is 0.0877. The van der Waals surface area contributed by atoms with Crippen LogP contribution in [0.1, 0.15) is 64.9 Å². The maximum Gasteiger partial charge on any atom is 0.409 e. The number of fused-ring (bicyclic) bond motifs is 1. The Hall–Kier alpha value is -3.47. The molecule has 13 heteroatoms. The second kappa shape index (κ2) is 11.2. The number of ether oxygens (including phenoxy) is 2. The van der Waals surface area contributed by atoms with E-state index in [1.807, 2.05) is 20.8 Å². The molecule has 5 rings (SSSR count). The summed E-state index contributed by atoms with van der Waals surface area (Å²) in [5.74, 6) is 6.26. The highest BCUT2D eigenvalue weighted by Gasteiger charge is 2.48. The standard InChI is InChI=1S/C27H37N7O6/c1-27(2,3)13-39-26(38)33-11-9-15(10-12-33)5-4-6-17-31-22(28)18-23(32-17)34(14-29-18)25-20(36)19(35)21(40-25)24(37)30-16-7-8-16/h14-16,19-21,25,35-36H,5,7-13H2,1-3H3,(H,30,37)(H2,28,31,32)/t19-,20+,21+,25-/m1/s1. The molecule has 0 bridgehead atoms. The Bertz CT molecular complexity index is 1320. The average Bonchev–Trinajstić information content (AvgIpc) is 3.54. The number of hydrogen-bond donors (Lipinski definition) is 4. The lowest BCUT2D eigenvalue weighted by atomic mass is 9.94. The highest BCUT2D eigenvalue weighted by molar-refractivity contribution is 5.83. The molecule has 3 aliphatic rings. The number of hydrogen-bond acceptors (Lipinski definition) is 10. The molecule has 1 aliphatic carbocycles. The van der Waals surface area contributed by atoms with Crippen LogP contribution in [0, 0.1) is 23.2 Å². The van der Waals surface area contributed by atoms with E-state index in [0.717, 1.165) is 25.7 Å². The molecule has 40 heavy (non-hydrogen) atoms. The van der Waals surface area contributed by atoms with E-state index in [0.29, 0.717) is 37.6 Å². The van der Waals surface area contributed by atoms with Gasteiger partial charge in [-0.2, -0.15) is 0 Å². The van der Waals surface area contributed by atoms with Gasteiger partial charge in [0, 0.05) is 25.6 Å². The third kappa shape index (κ3) is 6.29. The van der Waals surface area contributed by atoms with E-state index in [4.69, 9.17) is 15.2 Å². The van der Waals surface area contributed by atoms with Gasteiger partial charge in [-0.25, -0.2) is 19.7 Å². The quantitative estimate of drug-likeness (QED) is 0.388. The summed E-state index contributed by atoms with van der Waals surface area (Å²) in [5, 5.41) is 23.9. The van der Waals surface area contributed by atoms with E-state index in [1.54, 1.807) is 4.90 Å². The maximum atomic E-state index is 12.5. The lowest BCUT2D eigenvalue weighted by molar-refractivity contribution is -0.137. The third-order valence-electron chi connectivity index (χ3n) is 7.24. The van der Waals surface area contributed by atoms with Crippen molar-refractivity contribution in [1.29, 1.82) is 0 Å². The van der Waals surface area contributed by atoms with Gasteiger partial charge in [0.25, 0.3) is 5.91 Å². The van der Waals surface area contributed by atoms with Crippen molar-refractivity contribution in [3.8, 4) is 11.8 Å². The molecular formula is C27H37N7O6. The van der Waals surface area contributed by atoms with Crippen LogP contribution in [0.4, 0.5) is 10.6 Å². The van der Waals surface area contributed by atoms with E-state index in [-0.39, 0.29) is 34.8 Å². The average molecular weight is 556 g/mol. The Morgan fingerprint density at radius 2 is 1.90 bits per heavy atom. The van der Waals surface area contributed by atoms with Crippen LogP contribution in [0.5, 0.6) is 0 Å². The van der Waals surface area contributed by atoms with Crippen molar-refractivity contribution in [3.05, 3.63) is 12.2 Å².